The van der Waals surface area contributed by atoms with E-state index in [1.165, 1.54) is 25.3 Å². The van der Waals surface area contributed by atoms with E-state index in [0.29, 0.717) is 33.7 Å². The Balaban J connectivity index is 1.96. The summed E-state index contributed by atoms with van der Waals surface area (Å²) in [6.45, 7) is 3.72. The van der Waals surface area contributed by atoms with Crippen LogP contribution >= 0.6 is 11.6 Å². The van der Waals surface area contributed by atoms with Crippen molar-refractivity contribution >= 4 is 11.6 Å². The molecule has 0 aliphatic rings. The van der Waals surface area contributed by atoms with Crippen LogP contribution in [-0.4, -0.2) is 11.7 Å². The molecule has 1 unspecified atom stereocenters. The van der Waals surface area contributed by atoms with Crippen LogP contribution in [0.1, 0.15) is 34.0 Å². The zero-order chi connectivity index (χ0) is 26.0. The molecule has 0 bridgehead atoms. The molecule has 0 saturated heterocycles. The van der Waals surface area contributed by atoms with Crippen molar-refractivity contribution in [2.45, 2.75) is 32.9 Å². The number of halogens is 3. The van der Waals surface area contributed by atoms with Gasteiger partial charge in [0.15, 0.2) is 0 Å². The van der Waals surface area contributed by atoms with Gasteiger partial charge in [0.25, 0.3) is 5.56 Å². The second-order valence-electron chi connectivity index (χ2n) is 8.70. The molecule has 1 aromatic heterocycles. The van der Waals surface area contributed by atoms with E-state index < -0.39 is 17.7 Å². The average molecular weight is 509 g/mol. The molecule has 7 heteroatoms. The standard InChI is InChI=1S/C29H27ClF2N2O2/c1-17-21(15-22-23(31)12-8-13-24(22)32)18(2)34(16-25(33)19-9-5-4-6-10-19)29(35)27(17)20-11-7-14-26(36-3)28(20)30/h4-14,25H,15-16,33H2,1-3H3. The lowest BCUT2D eigenvalue weighted by Crippen LogP contribution is -2.31. The van der Waals surface area contributed by atoms with Gasteiger partial charge in [0.1, 0.15) is 17.4 Å². The van der Waals surface area contributed by atoms with Crippen molar-refractivity contribution < 1.29 is 13.5 Å². The third-order valence-electron chi connectivity index (χ3n) is 6.60. The van der Waals surface area contributed by atoms with Crippen LogP contribution in [0.15, 0.2) is 71.5 Å². The van der Waals surface area contributed by atoms with Gasteiger partial charge in [-0.15, -0.1) is 0 Å². The first kappa shape index (κ1) is 25.6. The Hall–Kier alpha value is -3.48. The Morgan fingerprint density at radius 2 is 1.58 bits per heavy atom. The highest BCUT2D eigenvalue weighted by molar-refractivity contribution is 6.34. The van der Waals surface area contributed by atoms with Crippen LogP contribution < -0.4 is 16.0 Å². The van der Waals surface area contributed by atoms with Crippen LogP contribution in [0.3, 0.4) is 0 Å². The molecule has 0 aliphatic carbocycles. The van der Waals surface area contributed by atoms with Crippen molar-refractivity contribution in [3.63, 3.8) is 0 Å². The van der Waals surface area contributed by atoms with E-state index in [0.717, 1.165) is 5.56 Å². The minimum absolute atomic E-state index is 0.0361. The van der Waals surface area contributed by atoms with E-state index in [1.807, 2.05) is 30.3 Å². The quantitative estimate of drug-likeness (QED) is 0.316. The fourth-order valence-electron chi connectivity index (χ4n) is 4.57. The highest BCUT2D eigenvalue weighted by Gasteiger charge is 2.24. The molecule has 3 aromatic carbocycles. The molecule has 36 heavy (non-hydrogen) atoms. The molecule has 0 aliphatic heterocycles. The number of hydrogen-bond acceptors (Lipinski definition) is 3. The van der Waals surface area contributed by atoms with Crippen LogP contribution in [-0.2, 0) is 13.0 Å². The van der Waals surface area contributed by atoms with Gasteiger partial charge in [0.2, 0.25) is 0 Å². The van der Waals surface area contributed by atoms with Gasteiger partial charge in [-0.3, -0.25) is 4.79 Å². The summed E-state index contributed by atoms with van der Waals surface area (Å²) in [6, 6.07) is 17.9. The van der Waals surface area contributed by atoms with Crippen LogP contribution in [0.4, 0.5) is 8.78 Å². The van der Waals surface area contributed by atoms with Gasteiger partial charge in [-0.1, -0.05) is 60.1 Å². The van der Waals surface area contributed by atoms with Crippen molar-refractivity contribution in [1.29, 1.82) is 0 Å². The Morgan fingerprint density at radius 1 is 0.944 bits per heavy atom. The monoisotopic (exact) mass is 508 g/mol. The zero-order valence-corrected chi connectivity index (χ0v) is 21.1. The van der Waals surface area contributed by atoms with E-state index in [9.17, 15) is 13.6 Å². The number of pyridine rings is 1. The first-order chi connectivity index (χ1) is 17.2. The number of aromatic nitrogens is 1. The Labute approximate surface area is 213 Å². The molecule has 4 aromatic rings. The molecule has 0 fully saturated rings. The first-order valence-corrected chi connectivity index (χ1v) is 11.9. The summed E-state index contributed by atoms with van der Waals surface area (Å²) >= 11 is 6.63. The van der Waals surface area contributed by atoms with Crippen molar-refractivity contribution in [2.24, 2.45) is 5.73 Å². The summed E-state index contributed by atoms with van der Waals surface area (Å²) < 4.78 is 36.2. The van der Waals surface area contributed by atoms with Crippen molar-refractivity contribution in [3.05, 3.63) is 122 Å². The first-order valence-electron chi connectivity index (χ1n) is 11.5. The summed E-state index contributed by atoms with van der Waals surface area (Å²) in [5, 5.41) is 0.283. The minimum Gasteiger partial charge on any atom is -0.495 e. The number of nitrogens with two attached hydrogens (primary N) is 1. The van der Waals surface area contributed by atoms with E-state index in [-0.39, 0.29) is 29.1 Å². The SMILES string of the molecule is COc1cccc(-c2c(C)c(Cc3c(F)cccc3F)c(C)n(CC(N)c3ccccc3)c2=O)c1Cl. The Kier molecular flexibility index (Phi) is 7.57. The maximum Gasteiger partial charge on any atom is 0.259 e. The van der Waals surface area contributed by atoms with Gasteiger partial charge < -0.3 is 15.0 Å². The van der Waals surface area contributed by atoms with Crippen molar-refractivity contribution in [1.82, 2.24) is 4.57 Å². The largest absolute Gasteiger partial charge is 0.495 e. The molecule has 4 nitrogen and oxygen atoms in total. The molecule has 1 atom stereocenters. The Morgan fingerprint density at radius 3 is 2.22 bits per heavy atom. The van der Waals surface area contributed by atoms with Gasteiger partial charge >= 0.3 is 0 Å². The number of methoxy groups -OCH3 is 1. The van der Waals surface area contributed by atoms with Crippen LogP contribution in [0.5, 0.6) is 5.75 Å². The minimum atomic E-state index is -0.645. The lowest BCUT2D eigenvalue weighted by Gasteiger charge is -2.23. The maximum atomic E-state index is 14.6. The van der Waals surface area contributed by atoms with Crippen LogP contribution in [0.2, 0.25) is 5.02 Å². The highest BCUT2D eigenvalue weighted by atomic mass is 35.5. The molecule has 4 rings (SSSR count). The molecular formula is C29H27ClF2N2O2. The number of rotatable bonds is 7. The van der Waals surface area contributed by atoms with Crippen LogP contribution in [0, 0.1) is 25.5 Å². The molecule has 0 amide bonds. The van der Waals surface area contributed by atoms with E-state index in [1.54, 1.807) is 36.6 Å². The fraction of sp³-hybridized carbons (Fsp3) is 0.207. The topological polar surface area (TPSA) is 57.2 Å². The number of ether oxygens (including phenoxy) is 1. The van der Waals surface area contributed by atoms with Gasteiger partial charge in [0, 0.05) is 35.8 Å². The van der Waals surface area contributed by atoms with Gasteiger partial charge in [-0.05, 0) is 48.7 Å². The van der Waals surface area contributed by atoms with Gasteiger partial charge in [-0.2, -0.15) is 0 Å². The summed E-state index contributed by atoms with van der Waals surface area (Å²) in [7, 11) is 1.50. The lowest BCUT2D eigenvalue weighted by molar-refractivity contribution is 0.415. The predicted molar refractivity (Wildman–Crippen MR) is 140 cm³/mol. The molecule has 2 N–H and O–H groups in total. The molecule has 186 valence electrons. The zero-order valence-electron chi connectivity index (χ0n) is 20.3. The molecule has 0 spiro atoms. The number of hydrogen-bond donors (Lipinski definition) is 1. The lowest BCUT2D eigenvalue weighted by atomic mass is 9.92. The normalized spacial score (nSPS) is 12.0. The average Bonchev–Trinajstić information content (AvgIpc) is 2.87. The summed E-state index contributed by atoms with van der Waals surface area (Å²) in [4.78, 5) is 13.9. The molecule has 0 radical (unpaired) electrons. The molecule has 1 heterocycles. The highest BCUT2D eigenvalue weighted by Crippen LogP contribution is 2.37. The number of nitrogens with zero attached hydrogens (tertiary/aromatic N) is 1. The van der Waals surface area contributed by atoms with Crippen molar-refractivity contribution in [3.8, 4) is 16.9 Å². The van der Waals surface area contributed by atoms with E-state index in [4.69, 9.17) is 22.1 Å². The fourth-order valence-corrected chi connectivity index (χ4v) is 4.87. The number of benzene rings is 3. The predicted octanol–water partition coefficient (Wildman–Crippen LogP) is 6.36. The summed E-state index contributed by atoms with van der Waals surface area (Å²) in [5.41, 5.74) is 9.65. The third-order valence-corrected chi connectivity index (χ3v) is 6.99. The van der Waals surface area contributed by atoms with E-state index >= 15 is 0 Å². The van der Waals surface area contributed by atoms with E-state index in [2.05, 4.69) is 0 Å². The second kappa shape index (κ2) is 10.6. The second-order valence-corrected chi connectivity index (χ2v) is 9.07. The van der Waals surface area contributed by atoms with Gasteiger partial charge in [0.05, 0.1) is 17.7 Å². The van der Waals surface area contributed by atoms with Crippen LogP contribution in [0.25, 0.3) is 11.1 Å². The Bertz CT molecular complexity index is 1450. The van der Waals surface area contributed by atoms with Gasteiger partial charge in [-0.25, -0.2) is 8.78 Å². The third kappa shape index (κ3) is 4.79. The smallest absolute Gasteiger partial charge is 0.259 e. The molecular weight excluding hydrogens is 482 g/mol. The maximum absolute atomic E-state index is 14.6. The van der Waals surface area contributed by atoms with Crippen molar-refractivity contribution in [2.75, 3.05) is 7.11 Å². The molecule has 0 saturated carbocycles. The summed E-state index contributed by atoms with van der Waals surface area (Å²) in [6.07, 6.45) is -0.0361. The summed E-state index contributed by atoms with van der Waals surface area (Å²) in [5.74, 6) is -0.871.